The van der Waals surface area contributed by atoms with Crippen molar-refractivity contribution in [2.24, 2.45) is 7.05 Å². The van der Waals surface area contributed by atoms with Crippen LogP contribution in [0.4, 0.5) is 0 Å². The largest absolute Gasteiger partial charge is 0.487 e. The van der Waals surface area contributed by atoms with Gasteiger partial charge < -0.3 is 4.74 Å². The molecule has 1 heterocycles. The summed E-state index contributed by atoms with van der Waals surface area (Å²) in [5, 5.41) is 4.35. The third-order valence-corrected chi connectivity index (χ3v) is 4.22. The Hall–Kier alpha value is -1.29. The van der Waals surface area contributed by atoms with E-state index in [1.165, 1.54) is 5.56 Å². The van der Waals surface area contributed by atoms with Gasteiger partial charge in [0.15, 0.2) is 0 Å². The average molecular weight is 323 g/mol. The third kappa shape index (κ3) is 3.18. The Bertz CT molecular complexity index is 558. The Morgan fingerprint density at radius 1 is 1.26 bits per heavy atom. The molecule has 0 saturated carbocycles. The van der Waals surface area contributed by atoms with Crippen LogP contribution in [0.5, 0.6) is 5.75 Å². The molecule has 1 aromatic carbocycles. The number of ether oxygens (including phenoxy) is 1. The lowest BCUT2D eigenvalue weighted by Gasteiger charge is -2.09. The highest BCUT2D eigenvalue weighted by atomic mass is 79.9. The highest BCUT2D eigenvalue weighted by molar-refractivity contribution is 9.10. The van der Waals surface area contributed by atoms with E-state index in [1.54, 1.807) is 0 Å². The van der Waals surface area contributed by atoms with Crippen molar-refractivity contribution in [1.82, 2.24) is 9.78 Å². The third-order valence-electron chi connectivity index (χ3n) is 3.18. The van der Waals surface area contributed by atoms with Crippen molar-refractivity contribution in [2.75, 3.05) is 0 Å². The second-order valence-electron chi connectivity index (χ2n) is 4.98. The van der Waals surface area contributed by atoms with Crippen LogP contribution >= 0.6 is 15.9 Å². The van der Waals surface area contributed by atoms with E-state index in [1.807, 2.05) is 30.8 Å². The summed E-state index contributed by atoms with van der Waals surface area (Å²) in [5.41, 5.74) is 3.35. The lowest BCUT2D eigenvalue weighted by Crippen LogP contribution is -2.03. The monoisotopic (exact) mass is 322 g/mol. The van der Waals surface area contributed by atoms with Gasteiger partial charge in [0.1, 0.15) is 12.4 Å². The predicted octanol–water partition coefficient (Wildman–Crippen LogP) is 4.19. The Balaban J connectivity index is 2.06. The zero-order valence-electron chi connectivity index (χ0n) is 11.8. The molecule has 4 heteroatoms. The Labute approximate surface area is 122 Å². The molecule has 0 aliphatic heterocycles. The summed E-state index contributed by atoms with van der Waals surface area (Å²) >= 11 is 3.54. The zero-order valence-corrected chi connectivity index (χ0v) is 13.4. The number of aromatic nitrogens is 2. The molecular weight excluding hydrogens is 304 g/mol. The molecule has 0 unspecified atom stereocenters. The maximum absolute atomic E-state index is 5.81. The predicted molar refractivity (Wildman–Crippen MR) is 80.5 cm³/mol. The summed E-state index contributed by atoms with van der Waals surface area (Å²) in [4.78, 5) is 0. The number of hydrogen-bond donors (Lipinski definition) is 0. The summed E-state index contributed by atoms with van der Waals surface area (Å²) < 4.78 is 8.68. The van der Waals surface area contributed by atoms with Crippen LogP contribution in [0.3, 0.4) is 0 Å². The molecule has 2 rings (SSSR count). The van der Waals surface area contributed by atoms with E-state index in [0.717, 1.165) is 21.6 Å². The molecule has 0 aliphatic carbocycles. The molecule has 0 N–H and O–H groups in total. The molecule has 0 radical (unpaired) electrons. The standard InChI is InChI=1S/C15H19BrN2O/c1-10(2)12-5-7-13(8-6-12)19-9-14-15(16)11(3)17-18(14)4/h5-8,10H,9H2,1-4H3. The molecule has 1 aromatic heterocycles. The second kappa shape index (κ2) is 5.78. The molecule has 0 atom stereocenters. The molecule has 0 amide bonds. The molecule has 0 spiro atoms. The van der Waals surface area contributed by atoms with Gasteiger partial charge in [0.2, 0.25) is 0 Å². The summed E-state index contributed by atoms with van der Waals surface area (Å²) in [6.07, 6.45) is 0. The van der Waals surface area contributed by atoms with Crippen LogP contribution in [0.15, 0.2) is 28.7 Å². The van der Waals surface area contributed by atoms with Crippen LogP contribution in [-0.4, -0.2) is 9.78 Å². The maximum Gasteiger partial charge on any atom is 0.131 e. The Kier molecular flexibility index (Phi) is 4.30. The first-order valence-electron chi connectivity index (χ1n) is 6.39. The fraction of sp³-hybridized carbons (Fsp3) is 0.400. The van der Waals surface area contributed by atoms with Crippen LogP contribution < -0.4 is 4.74 Å². The minimum Gasteiger partial charge on any atom is -0.487 e. The van der Waals surface area contributed by atoms with Gasteiger partial charge in [0, 0.05) is 7.05 Å². The van der Waals surface area contributed by atoms with Gasteiger partial charge in [0.25, 0.3) is 0 Å². The first-order valence-corrected chi connectivity index (χ1v) is 7.19. The number of nitrogens with zero attached hydrogens (tertiary/aromatic N) is 2. The lowest BCUT2D eigenvalue weighted by atomic mass is 10.0. The van der Waals surface area contributed by atoms with E-state index in [0.29, 0.717) is 12.5 Å². The van der Waals surface area contributed by atoms with Crippen molar-refractivity contribution in [3.8, 4) is 5.75 Å². The van der Waals surface area contributed by atoms with E-state index in [-0.39, 0.29) is 0 Å². The molecule has 3 nitrogen and oxygen atoms in total. The molecule has 2 aromatic rings. The van der Waals surface area contributed by atoms with Gasteiger partial charge in [-0.2, -0.15) is 5.10 Å². The van der Waals surface area contributed by atoms with Crippen LogP contribution in [0.25, 0.3) is 0 Å². The first-order chi connectivity index (χ1) is 8.99. The van der Waals surface area contributed by atoms with Crippen molar-refractivity contribution in [3.63, 3.8) is 0 Å². The van der Waals surface area contributed by atoms with Crippen molar-refractivity contribution in [3.05, 3.63) is 45.7 Å². The van der Waals surface area contributed by atoms with Crippen LogP contribution in [0.1, 0.15) is 36.7 Å². The SMILES string of the molecule is Cc1nn(C)c(COc2ccc(C(C)C)cc2)c1Br. The second-order valence-corrected chi connectivity index (χ2v) is 5.78. The van der Waals surface area contributed by atoms with Crippen molar-refractivity contribution in [1.29, 1.82) is 0 Å². The normalized spacial score (nSPS) is 11.1. The Morgan fingerprint density at radius 3 is 2.37 bits per heavy atom. The van der Waals surface area contributed by atoms with E-state index in [2.05, 4.69) is 47.0 Å². The first kappa shape index (κ1) is 14.1. The number of rotatable bonds is 4. The van der Waals surface area contributed by atoms with E-state index in [4.69, 9.17) is 4.74 Å². The van der Waals surface area contributed by atoms with Gasteiger partial charge >= 0.3 is 0 Å². The van der Waals surface area contributed by atoms with Crippen molar-refractivity contribution < 1.29 is 4.74 Å². The number of halogens is 1. The van der Waals surface area contributed by atoms with E-state index in [9.17, 15) is 0 Å². The molecule has 102 valence electrons. The molecule has 19 heavy (non-hydrogen) atoms. The van der Waals surface area contributed by atoms with Gasteiger partial charge in [-0.25, -0.2) is 0 Å². The van der Waals surface area contributed by atoms with E-state index >= 15 is 0 Å². The van der Waals surface area contributed by atoms with Gasteiger partial charge in [-0.15, -0.1) is 0 Å². The number of benzene rings is 1. The minimum atomic E-state index is 0.513. The van der Waals surface area contributed by atoms with Crippen molar-refractivity contribution in [2.45, 2.75) is 33.3 Å². The van der Waals surface area contributed by atoms with Gasteiger partial charge in [-0.3, -0.25) is 4.68 Å². The number of aryl methyl sites for hydroxylation is 2. The van der Waals surface area contributed by atoms with E-state index < -0.39 is 0 Å². The summed E-state index contributed by atoms with van der Waals surface area (Å²) in [7, 11) is 1.93. The average Bonchev–Trinajstić information content (AvgIpc) is 2.62. The molecule has 0 aliphatic rings. The summed E-state index contributed by atoms with van der Waals surface area (Å²) in [6, 6.07) is 8.27. The Morgan fingerprint density at radius 2 is 1.89 bits per heavy atom. The quantitative estimate of drug-likeness (QED) is 0.843. The lowest BCUT2D eigenvalue weighted by molar-refractivity contribution is 0.294. The molecule has 0 bridgehead atoms. The summed E-state index contributed by atoms with van der Waals surface area (Å²) in [5.74, 6) is 1.43. The highest BCUT2D eigenvalue weighted by Crippen LogP contribution is 2.23. The maximum atomic E-state index is 5.81. The fourth-order valence-corrected chi connectivity index (χ4v) is 2.39. The van der Waals surface area contributed by atoms with Crippen molar-refractivity contribution >= 4 is 15.9 Å². The molecular formula is C15H19BrN2O. The minimum absolute atomic E-state index is 0.513. The fourth-order valence-electron chi connectivity index (χ4n) is 1.94. The van der Waals surface area contributed by atoms with Gasteiger partial charge in [-0.05, 0) is 46.5 Å². The van der Waals surface area contributed by atoms with Gasteiger partial charge in [0.05, 0.1) is 15.9 Å². The molecule has 0 fully saturated rings. The highest BCUT2D eigenvalue weighted by Gasteiger charge is 2.11. The smallest absolute Gasteiger partial charge is 0.131 e. The van der Waals surface area contributed by atoms with Crippen LogP contribution in [0.2, 0.25) is 0 Å². The summed E-state index contributed by atoms with van der Waals surface area (Å²) in [6.45, 7) is 6.86. The zero-order chi connectivity index (χ0) is 14.0. The van der Waals surface area contributed by atoms with Gasteiger partial charge in [-0.1, -0.05) is 26.0 Å². The topological polar surface area (TPSA) is 27.1 Å². The molecule has 0 saturated heterocycles. The van der Waals surface area contributed by atoms with Crippen LogP contribution in [-0.2, 0) is 13.7 Å². The number of hydrogen-bond acceptors (Lipinski definition) is 2. The van der Waals surface area contributed by atoms with Crippen LogP contribution in [0, 0.1) is 6.92 Å².